The molecule has 0 fully saturated rings. The third-order valence-electron chi connectivity index (χ3n) is 3.39. The van der Waals surface area contributed by atoms with Crippen LogP contribution < -0.4 is 10.6 Å². The van der Waals surface area contributed by atoms with Crippen LogP contribution in [-0.2, 0) is 6.54 Å². The van der Waals surface area contributed by atoms with Crippen LogP contribution in [0.3, 0.4) is 0 Å². The van der Waals surface area contributed by atoms with E-state index in [4.69, 9.17) is 16.0 Å². The molecule has 0 radical (unpaired) electrons. The molecule has 2 heterocycles. The first-order valence-corrected chi connectivity index (χ1v) is 7.64. The summed E-state index contributed by atoms with van der Waals surface area (Å²) < 4.78 is 5.30. The van der Waals surface area contributed by atoms with Gasteiger partial charge in [0.25, 0.3) is 0 Å². The lowest BCUT2D eigenvalue weighted by atomic mass is 10.2. The lowest BCUT2D eigenvalue weighted by Gasteiger charge is -2.12. The molecule has 3 rings (SSSR count). The second-order valence-electron chi connectivity index (χ2n) is 5.16. The Bertz CT molecular complexity index is 802. The predicted molar refractivity (Wildman–Crippen MR) is 92.3 cm³/mol. The minimum absolute atomic E-state index is 0.569. The van der Waals surface area contributed by atoms with Crippen molar-refractivity contribution < 1.29 is 4.42 Å². The van der Waals surface area contributed by atoms with Crippen molar-refractivity contribution >= 4 is 28.9 Å². The number of anilines is 3. The third kappa shape index (κ3) is 3.81. The van der Waals surface area contributed by atoms with Crippen LogP contribution in [0.5, 0.6) is 0 Å². The zero-order valence-corrected chi connectivity index (χ0v) is 13.7. The molecule has 3 aromatic rings. The van der Waals surface area contributed by atoms with Crippen LogP contribution >= 0.6 is 11.6 Å². The highest BCUT2D eigenvalue weighted by Crippen LogP contribution is 2.26. The number of hydrogen-bond acceptors (Lipinski definition) is 5. The number of aryl methyl sites for hydroxylation is 1. The van der Waals surface area contributed by atoms with Crippen LogP contribution in [0.2, 0.25) is 5.02 Å². The minimum atomic E-state index is 0.569. The van der Waals surface area contributed by atoms with Crippen LogP contribution in [-0.4, -0.2) is 9.97 Å². The van der Waals surface area contributed by atoms with Crippen LogP contribution in [0, 0.1) is 13.8 Å². The van der Waals surface area contributed by atoms with E-state index in [-0.39, 0.29) is 0 Å². The van der Waals surface area contributed by atoms with E-state index in [0.717, 1.165) is 27.9 Å². The quantitative estimate of drug-likeness (QED) is 0.711. The van der Waals surface area contributed by atoms with E-state index in [2.05, 4.69) is 20.6 Å². The molecule has 1 aromatic carbocycles. The average Bonchev–Trinajstić information content (AvgIpc) is 3.03. The van der Waals surface area contributed by atoms with Crippen molar-refractivity contribution in [2.75, 3.05) is 10.6 Å². The molecule has 5 nitrogen and oxygen atoms in total. The van der Waals surface area contributed by atoms with Gasteiger partial charge in [0.2, 0.25) is 0 Å². The Labute approximate surface area is 139 Å². The molecule has 0 bridgehead atoms. The maximum atomic E-state index is 6.15. The maximum absolute atomic E-state index is 6.15. The largest absolute Gasteiger partial charge is 0.467 e. The molecular formula is C17H17ClN4O. The Hall–Kier alpha value is -2.53. The van der Waals surface area contributed by atoms with E-state index in [1.165, 1.54) is 0 Å². The van der Waals surface area contributed by atoms with Crippen LogP contribution in [0.1, 0.15) is 17.1 Å². The van der Waals surface area contributed by atoms with Crippen LogP contribution in [0.25, 0.3) is 0 Å². The summed E-state index contributed by atoms with van der Waals surface area (Å²) >= 11 is 6.15. The summed E-state index contributed by atoms with van der Waals surface area (Å²) in [4.78, 5) is 8.80. The van der Waals surface area contributed by atoms with Gasteiger partial charge >= 0.3 is 0 Å². The zero-order valence-electron chi connectivity index (χ0n) is 12.9. The number of rotatable bonds is 5. The number of nitrogens with one attached hydrogen (secondary N) is 2. The summed E-state index contributed by atoms with van der Waals surface area (Å²) in [5.74, 6) is 2.97. The van der Waals surface area contributed by atoms with Crippen molar-refractivity contribution in [2.24, 2.45) is 0 Å². The Morgan fingerprint density at radius 3 is 2.70 bits per heavy atom. The highest BCUT2D eigenvalue weighted by Gasteiger charge is 2.06. The molecule has 2 aromatic heterocycles. The molecule has 0 spiro atoms. The van der Waals surface area contributed by atoms with Crippen molar-refractivity contribution in [2.45, 2.75) is 20.4 Å². The number of furan rings is 1. The van der Waals surface area contributed by atoms with Gasteiger partial charge in [0.1, 0.15) is 23.2 Å². The van der Waals surface area contributed by atoms with E-state index in [1.807, 2.05) is 50.2 Å². The standard InChI is InChI=1S/C17H17ClN4O/c1-11-14(18)6-3-7-15(11)22-17-9-16(20-12(2)21-17)19-10-13-5-4-8-23-13/h3-9H,10H2,1-2H3,(H2,19,20,21,22). The first-order chi connectivity index (χ1) is 11.1. The van der Waals surface area contributed by atoms with Crippen molar-refractivity contribution in [3.63, 3.8) is 0 Å². The third-order valence-corrected chi connectivity index (χ3v) is 3.80. The summed E-state index contributed by atoms with van der Waals surface area (Å²) in [6.07, 6.45) is 1.65. The van der Waals surface area contributed by atoms with E-state index in [9.17, 15) is 0 Å². The monoisotopic (exact) mass is 328 g/mol. The van der Waals surface area contributed by atoms with Crippen molar-refractivity contribution in [3.8, 4) is 0 Å². The fourth-order valence-corrected chi connectivity index (χ4v) is 2.37. The van der Waals surface area contributed by atoms with Gasteiger partial charge in [-0.1, -0.05) is 17.7 Å². The molecule has 0 aliphatic rings. The summed E-state index contributed by atoms with van der Waals surface area (Å²) in [5, 5.41) is 7.24. The van der Waals surface area contributed by atoms with Gasteiger partial charge in [-0.25, -0.2) is 9.97 Å². The van der Waals surface area contributed by atoms with E-state index in [0.29, 0.717) is 18.2 Å². The second-order valence-corrected chi connectivity index (χ2v) is 5.56. The van der Waals surface area contributed by atoms with Crippen LogP contribution in [0.15, 0.2) is 47.1 Å². The Morgan fingerprint density at radius 1 is 1.09 bits per heavy atom. The molecule has 2 N–H and O–H groups in total. The number of hydrogen-bond donors (Lipinski definition) is 2. The van der Waals surface area contributed by atoms with Gasteiger partial charge in [-0.2, -0.15) is 0 Å². The molecule has 0 atom stereocenters. The molecule has 0 saturated heterocycles. The van der Waals surface area contributed by atoms with Crippen molar-refractivity contribution in [1.29, 1.82) is 0 Å². The molecule has 0 amide bonds. The lowest BCUT2D eigenvalue weighted by molar-refractivity contribution is 0.518. The first kappa shape index (κ1) is 15.4. The molecule has 0 aliphatic carbocycles. The number of nitrogens with zero attached hydrogens (tertiary/aromatic N) is 2. The SMILES string of the molecule is Cc1nc(NCc2ccco2)cc(Nc2cccc(Cl)c2C)n1. The van der Waals surface area contributed by atoms with Gasteiger partial charge in [-0.3, -0.25) is 0 Å². The summed E-state index contributed by atoms with van der Waals surface area (Å²) in [6.45, 7) is 4.39. The fourth-order valence-electron chi connectivity index (χ4n) is 2.19. The van der Waals surface area contributed by atoms with Gasteiger partial charge in [0, 0.05) is 16.8 Å². The molecular weight excluding hydrogens is 312 g/mol. The Morgan fingerprint density at radius 2 is 1.91 bits per heavy atom. The lowest BCUT2D eigenvalue weighted by Crippen LogP contribution is -2.05. The Balaban J connectivity index is 1.78. The molecule has 118 valence electrons. The number of halogens is 1. The average molecular weight is 329 g/mol. The topological polar surface area (TPSA) is 63.0 Å². The van der Waals surface area contributed by atoms with Gasteiger partial charge in [-0.05, 0) is 43.7 Å². The van der Waals surface area contributed by atoms with Crippen LogP contribution in [0.4, 0.5) is 17.3 Å². The fraction of sp³-hybridized carbons (Fsp3) is 0.176. The normalized spacial score (nSPS) is 10.6. The summed E-state index contributed by atoms with van der Waals surface area (Å²) in [6, 6.07) is 11.4. The predicted octanol–water partition coefficient (Wildman–Crippen LogP) is 4.70. The number of aromatic nitrogens is 2. The van der Waals surface area contributed by atoms with Crippen molar-refractivity contribution in [3.05, 3.63) is 64.8 Å². The highest BCUT2D eigenvalue weighted by molar-refractivity contribution is 6.31. The maximum Gasteiger partial charge on any atom is 0.136 e. The molecule has 23 heavy (non-hydrogen) atoms. The van der Waals surface area contributed by atoms with Crippen molar-refractivity contribution in [1.82, 2.24) is 9.97 Å². The number of benzene rings is 1. The first-order valence-electron chi connectivity index (χ1n) is 7.26. The summed E-state index contributed by atoms with van der Waals surface area (Å²) in [7, 11) is 0. The molecule has 6 heteroatoms. The smallest absolute Gasteiger partial charge is 0.136 e. The zero-order chi connectivity index (χ0) is 16.2. The van der Waals surface area contributed by atoms with Gasteiger partial charge in [0.05, 0.1) is 12.8 Å². The Kier molecular flexibility index (Phi) is 4.48. The van der Waals surface area contributed by atoms with Gasteiger partial charge in [0.15, 0.2) is 0 Å². The van der Waals surface area contributed by atoms with E-state index in [1.54, 1.807) is 6.26 Å². The minimum Gasteiger partial charge on any atom is -0.467 e. The second kappa shape index (κ2) is 6.71. The van der Waals surface area contributed by atoms with Gasteiger partial charge < -0.3 is 15.1 Å². The van der Waals surface area contributed by atoms with E-state index < -0.39 is 0 Å². The highest BCUT2D eigenvalue weighted by atomic mass is 35.5. The summed E-state index contributed by atoms with van der Waals surface area (Å²) in [5.41, 5.74) is 1.91. The van der Waals surface area contributed by atoms with E-state index >= 15 is 0 Å². The molecule has 0 saturated carbocycles. The molecule has 0 aliphatic heterocycles. The molecule has 0 unspecified atom stereocenters. The van der Waals surface area contributed by atoms with Gasteiger partial charge in [-0.15, -0.1) is 0 Å².